The van der Waals surface area contributed by atoms with Gasteiger partial charge in [-0.1, -0.05) is 18.2 Å². The molecule has 4 rings (SSSR count). The van der Waals surface area contributed by atoms with Crippen LogP contribution in [0.3, 0.4) is 0 Å². The van der Waals surface area contributed by atoms with Gasteiger partial charge in [0.05, 0.1) is 6.26 Å². The first-order valence-corrected chi connectivity index (χ1v) is 8.37. The highest BCUT2D eigenvalue weighted by Gasteiger charge is 2.26. The molecule has 0 bridgehead atoms. The van der Waals surface area contributed by atoms with Gasteiger partial charge in [0.15, 0.2) is 5.76 Å². The number of hydrogen-bond acceptors (Lipinski definition) is 3. The zero-order valence-electron chi connectivity index (χ0n) is 13.8. The molecule has 1 aliphatic rings. The lowest BCUT2D eigenvalue weighted by molar-refractivity contribution is -0.133. The molecule has 2 aromatic heterocycles. The molecule has 6 heteroatoms. The fourth-order valence-corrected chi connectivity index (χ4v) is 3.24. The van der Waals surface area contributed by atoms with Crippen molar-refractivity contribution in [3.05, 3.63) is 60.7 Å². The van der Waals surface area contributed by atoms with E-state index in [1.165, 1.54) is 6.26 Å². The van der Waals surface area contributed by atoms with Crippen molar-refractivity contribution in [2.75, 3.05) is 26.2 Å². The van der Waals surface area contributed by atoms with Gasteiger partial charge in [0.2, 0.25) is 5.91 Å². The van der Waals surface area contributed by atoms with E-state index in [4.69, 9.17) is 4.42 Å². The topological polar surface area (TPSA) is 58.7 Å². The van der Waals surface area contributed by atoms with Crippen LogP contribution in [0.25, 0.3) is 10.9 Å². The number of carbonyl (C=O) groups is 2. The van der Waals surface area contributed by atoms with Crippen LogP contribution in [0.4, 0.5) is 0 Å². The van der Waals surface area contributed by atoms with E-state index in [1.54, 1.807) is 17.0 Å². The molecular formula is C19H19N3O3. The van der Waals surface area contributed by atoms with Crippen molar-refractivity contribution in [1.29, 1.82) is 0 Å². The first kappa shape index (κ1) is 15.5. The van der Waals surface area contributed by atoms with Crippen molar-refractivity contribution in [2.24, 2.45) is 0 Å². The van der Waals surface area contributed by atoms with E-state index < -0.39 is 0 Å². The van der Waals surface area contributed by atoms with E-state index in [-0.39, 0.29) is 11.8 Å². The molecule has 1 saturated heterocycles. The first-order chi connectivity index (χ1) is 12.2. The number of furan rings is 1. The standard InChI is InChI=1S/C19H19N3O3/c23-18(14-22-8-7-15-4-1-2-5-16(15)22)20-9-11-21(12-10-20)19(24)17-6-3-13-25-17/h1-8,13H,9-12,14H2. The minimum absolute atomic E-state index is 0.0754. The summed E-state index contributed by atoms with van der Waals surface area (Å²) >= 11 is 0. The Morgan fingerprint density at radius 2 is 1.68 bits per heavy atom. The maximum Gasteiger partial charge on any atom is 0.289 e. The van der Waals surface area contributed by atoms with Gasteiger partial charge in [-0.15, -0.1) is 0 Å². The summed E-state index contributed by atoms with van der Waals surface area (Å²) in [5.41, 5.74) is 1.06. The Balaban J connectivity index is 1.37. The molecule has 0 saturated carbocycles. The third kappa shape index (κ3) is 3.03. The summed E-state index contributed by atoms with van der Waals surface area (Å²) < 4.78 is 7.13. The number of para-hydroxylation sites is 1. The molecule has 25 heavy (non-hydrogen) atoms. The number of hydrogen-bond donors (Lipinski definition) is 0. The van der Waals surface area contributed by atoms with Gasteiger partial charge in [-0.25, -0.2) is 0 Å². The van der Waals surface area contributed by atoms with Crippen LogP contribution in [0.5, 0.6) is 0 Å². The molecule has 0 N–H and O–H groups in total. The van der Waals surface area contributed by atoms with E-state index in [0.29, 0.717) is 38.5 Å². The van der Waals surface area contributed by atoms with E-state index in [0.717, 1.165) is 10.9 Å². The zero-order chi connectivity index (χ0) is 17.2. The van der Waals surface area contributed by atoms with E-state index >= 15 is 0 Å². The van der Waals surface area contributed by atoms with Crippen molar-refractivity contribution in [3.8, 4) is 0 Å². The van der Waals surface area contributed by atoms with Crippen molar-refractivity contribution in [3.63, 3.8) is 0 Å². The summed E-state index contributed by atoms with van der Waals surface area (Å²) in [7, 11) is 0. The first-order valence-electron chi connectivity index (χ1n) is 8.37. The quantitative estimate of drug-likeness (QED) is 0.736. The minimum atomic E-state index is -0.117. The largest absolute Gasteiger partial charge is 0.459 e. The summed E-state index contributed by atoms with van der Waals surface area (Å²) in [6.07, 6.45) is 3.44. The van der Waals surface area contributed by atoms with Gasteiger partial charge in [-0.2, -0.15) is 0 Å². The Bertz CT molecular complexity index is 890. The second-order valence-electron chi connectivity index (χ2n) is 6.15. The van der Waals surface area contributed by atoms with E-state index in [2.05, 4.69) is 0 Å². The average Bonchev–Trinajstić information content (AvgIpc) is 3.32. The van der Waals surface area contributed by atoms with E-state index in [9.17, 15) is 9.59 Å². The molecule has 2 amide bonds. The lowest BCUT2D eigenvalue weighted by atomic mass is 10.2. The van der Waals surface area contributed by atoms with Gasteiger partial charge in [0.25, 0.3) is 5.91 Å². The van der Waals surface area contributed by atoms with Crippen molar-refractivity contribution in [2.45, 2.75) is 6.54 Å². The lowest BCUT2D eigenvalue weighted by Gasteiger charge is -2.34. The molecule has 0 aliphatic carbocycles. The molecule has 0 spiro atoms. The van der Waals surface area contributed by atoms with Crippen LogP contribution in [-0.2, 0) is 11.3 Å². The number of nitrogens with zero attached hydrogens (tertiary/aromatic N) is 3. The minimum Gasteiger partial charge on any atom is -0.459 e. The van der Waals surface area contributed by atoms with Crippen LogP contribution in [-0.4, -0.2) is 52.4 Å². The molecule has 0 radical (unpaired) electrons. The fraction of sp³-hybridized carbons (Fsp3) is 0.263. The molecule has 0 unspecified atom stereocenters. The van der Waals surface area contributed by atoms with Gasteiger partial charge < -0.3 is 18.8 Å². The lowest BCUT2D eigenvalue weighted by Crippen LogP contribution is -2.51. The van der Waals surface area contributed by atoms with E-state index in [1.807, 2.05) is 46.0 Å². The maximum absolute atomic E-state index is 12.6. The molecule has 0 atom stereocenters. The van der Waals surface area contributed by atoms with Crippen molar-refractivity contribution >= 4 is 22.7 Å². The van der Waals surface area contributed by atoms with Crippen molar-refractivity contribution < 1.29 is 14.0 Å². The number of benzene rings is 1. The van der Waals surface area contributed by atoms with Crippen LogP contribution in [0.1, 0.15) is 10.6 Å². The Morgan fingerprint density at radius 3 is 2.44 bits per heavy atom. The van der Waals surface area contributed by atoms with Gasteiger partial charge in [0, 0.05) is 37.9 Å². The Morgan fingerprint density at radius 1 is 0.920 bits per heavy atom. The number of fused-ring (bicyclic) bond motifs is 1. The highest BCUT2D eigenvalue weighted by molar-refractivity contribution is 5.91. The second-order valence-corrected chi connectivity index (χ2v) is 6.15. The second kappa shape index (κ2) is 6.47. The highest BCUT2D eigenvalue weighted by Crippen LogP contribution is 2.16. The Labute approximate surface area is 145 Å². The van der Waals surface area contributed by atoms with Gasteiger partial charge in [-0.05, 0) is 29.7 Å². The SMILES string of the molecule is O=C(Cn1ccc2ccccc21)N1CCN(C(=O)c2ccco2)CC1. The Kier molecular flexibility index (Phi) is 4.01. The number of amides is 2. The molecule has 1 aliphatic heterocycles. The number of piperazine rings is 1. The van der Waals surface area contributed by atoms with Gasteiger partial charge in [0.1, 0.15) is 6.54 Å². The summed E-state index contributed by atoms with van der Waals surface area (Å²) in [4.78, 5) is 28.4. The number of rotatable bonds is 3. The maximum atomic E-state index is 12.6. The molecule has 3 heterocycles. The zero-order valence-corrected chi connectivity index (χ0v) is 13.8. The predicted molar refractivity (Wildman–Crippen MR) is 93.1 cm³/mol. The molecule has 1 aromatic carbocycles. The summed E-state index contributed by atoms with van der Waals surface area (Å²) in [5.74, 6) is 0.304. The third-order valence-electron chi connectivity index (χ3n) is 4.64. The third-order valence-corrected chi connectivity index (χ3v) is 4.64. The molecule has 3 aromatic rings. The van der Waals surface area contributed by atoms with Crippen LogP contribution < -0.4 is 0 Å². The fourth-order valence-electron chi connectivity index (χ4n) is 3.24. The normalized spacial score (nSPS) is 14.9. The van der Waals surface area contributed by atoms with Crippen molar-refractivity contribution in [1.82, 2.24) is 14.4 Å². The average molecular weight is 337 g/mol. The smallest absolute Gasteiger partial charge is 0.289 e. The van der Waals surface area contributed by atoms with Crippen LogP contribution in [0.2, 0.25) is 0 Å². The van der Waals surface area contributed by atoms with Gasteiger partial charge >= 0.3 is 0 Å². The molecular weight excluding hydrogens is 318 g/mol. The van der Waals surface area contributed by atoms with Crippen LogP contribution >= 0.6 is 0 Å². The molecule has 1 fully saturated rings. The van der Waals surface area contributed by atoms with Gasteiger partial charge in [-0.3, -0.25) is 9.59 Å². The monoisotopic (exact) mass is 337 g/mol. The molecule has 128 valence electrons. The highest BCUT2D eigenvalue weighted by atomic mass is 16.3. The van der Waals surface area contributed by atoms with Crippen LogP contribution in [0, 0.1) is 0 Å². The summed E-state index contributed by atoms with van der Waals surface area (Å²) in [6, 6.07) is 13.4. The Hall–Kier alpha value is -3.02. The van der Waals surface area contributed by atoms with Crippen LogP contribution in [0.15, 0.2) is 59.3 Å². The predicted octanol–water partition coefficient (Wildman–Crippen LogP) is 2.22. The molecule has 6 nitrogen and oxygen atoms in total. The number of carbonyl (C=O) groups excluding carboxylic acids is 2. The summed E-state index contributed by atoms with van der Waals surface area (Å²) in [6.45, 7) is 2.46. The summed E-state index contributed by atoms with van der Waals surface area (Å²) in [5, 5.41) is 1.13. The number of aromatic nitrogens is 1.